The standard InChI is InChI=1S/C23H19ClN4O6/c1-34-17-7-5-12(28(32)33)10-16(17)27-20(29)18-15-3-2-8-26(15)23(19(18)21(27)30)13-9-11(24)4-6-14(13)25-22(23)31/h4-7,9-10,15,18-19H,2-3,8H2,1H3,(H,25,31)/t15-,18-,19+,23-/m1/s1. The second kappa shape index (κ2) is 7.00. The van der Waals surface area contributed by atoms with Crippen LogP contribution in [0, 0.1) is 22.0 Å². The Morgan fingerprint density at radius 3 is 2.71 bits per heavy atom. The number of imide groups is 1. The zero-order chi connectivity index (χ0) is 23.9. The maximum absolute atomic E-state index is 14.0. The average Bonchev–Trinajstić information content (AvgIpc) is 3.52. The molecule has 2 aromatic rings. The fourth-order valence-corrected chi connectivity index (χ4v) is 6.55. The zero-order valence-electron chi connectivity index (χ0n) is 18.0. The monoisotopic (exact) mass is 482 g/mol. The van der Waals surface area contributed by atoms with Gasteiger partial charge in [0.1, 0.15) is 17.0 Å². The van der Waals surface area contributed by atoms with Gasteiger partial charge in [0.25, 0.3) is 5.69 Å². The Bertz CT molecular complexity index is 1310. The highest BCUT2D eigenvalue weighted by molar-refractivity contribution is 6.31. The van der Waals surface area contributed by atoms with E-state index in [9.17, 15) is 24.5 Å². The number of nitro groups is 1. The summed E-state index contributed by atoms with van der Waals surface area (Å²) < 4.78 is 5.33. The van der Waals surface area contributed by atoms with Gasteiger partial charge in [0.15, 0.2) is 0 Å². The van der Waals surface area contributed by atoms with Crippen molar-refractivity contribution in [1.82, 2.24) is 4.90 Å². The predicted octanol–water partition coefficient (Wildman–Crippen LogP) is 2.69. The summed E-state index contributed by atoms with van der Waals surface area (Å²) in [6.45, 7) is 0.567. The Balaban J connectivity index is 1.56. The molecule has 3 saturated heterocycles. The number of halogens is 1. The van der Waals surface area contributed by atoms with Crippen LogP contribution < -0.4 is 15.0 Å². The first-order chi connectivity index (χ1) is 16.3. The third-order valence-corrected chi connectivity index (χ3v) is 7.80. The number of nitro benzene ring substituents is 1. The molecular weight excluding hydrogens is 464 g/mol. The van der Waals surface area contributed by atoms with E-state index in [0.717, 1.165) is 17.4 Å². The van der Waals surface area contributed by atoms with Crippen LogP contribution in [-0.2, 0) is 19.9 Å². The van der Waals surface area contributed by atoms with Crippen LogP contribution >= 0.6 is 11.6 Å². The van der Waals surface area contributed by atoms with Crippen LogP contribution in [0.1, 0.15) is 18.4 Å². The normalized spacial score (nSPS) is 29.4. The molecule has 0 aromatic heterocycles. The first-order valence-corrected chi connectivity index (χ1v) is 11.3. The molecule has 174 valence electrons. The first kappa shape index (κ1) is 21.1. The minimum absolute atomic E-state index is 0.00511. The van der Waals surface area contributed by atoms with Gasteiger partial charge in [-0.05, 0) is 43.7 Å². The van der Waals surface area contributed by atoms with Crippen LogP contribution in [0.4, 0.5) is 17.1 Å². The number of methoxy groups -OCH3 is 1. The van der Waals surface area contributed by atoms with Crippen LogP contribution in [-0.4, -0.2) is 47.2 Å². The molecule has 1 spiro atoms. The number of anilines is 2. The number of non-ortho nitro benzene ring substituents is 1. The molecule has 34 heavy (non-hydrogen) atoms. The van der Waals surface area contributed by atoms with E-state index in [1.54, 1.807) is 18.2 Å². The molecule has 10 nitrogen and oxygen atoms in total. The minimum Gasteiger partial charge on any atom is -0.495 e. The molecule has 6 rings (SSSR count). The number of carbonyl (C=O) groups is 3. The number of nitrogens with zero attached hydrogens (tertiary/aromatic N) is 3. The van der Waals surface area contributed by atoms with Gasteiger partial charge in [-0.15, -0.1) is 0 Å². The molecule has 0 aliphatic carbocycles. The lowest BCUT2D eigenvalue weighted by molar-refractivity contribution is -0.384. The Hall–Kier alpha value is -3.50. The van der Waals surface area contributed by atoms with Gasteiger partial charge in [0.05, 0.1) is 23.9 Å². The van der Waals surface area contributed by atoms with Crippen molar-refractivity contribution in [2.24, 2.45) is 11.8 Å². The summed E-state index contributed by atoms with van der Waals surface area (Å²) in [4.78, 5) is 55.2. The molecule has 1 N–H and O–H groups in total. The molecule has 4 aliphatic rings. The van der Waals surface area contributed by atoms with Gasteiger partial charge in [-0.1, -0.05) is 11.6 Å². The van der Waals surface area contributed by atoms with E-state index in [1.807, 2.05) is 4.90 Å². The zero-order valence-corrected chi connectivity index (χ0v) is 18.7. The highest BCUT2D eigenvalue weighted by Crippen LogP contribution is 2.61. The molecule has 4 atom stereocenters. The summed E-state index contributed by atoms with van der Waals surface area (Å²) in [6.07, 6.45) is 1.44. The van der Waals surface area contributed by atoms with Crippen molar-refractivity contribution in [1.29, 1.82) is 0 Å². The molecule has 0 saturated carbocycles. The van der Waals surface area contributed by atoms with Crippen molar-refractivity contribution in [2.45, 2.75) is 24.4 Å². The van der Waals surface area contributed by atoms with Crippen molar-refractivity contribution in [3.63, 3.8) is 0 Å². The van der Waals surface area contributed by atoms with E-state index in [4.69, 9.17) is 16.3 Å². The number of hydrogen-bond donors (Lipinski definition) is 1. The third-order valence-electron chi connectivity index (χ3n) is 7.57. The van der Waals surface area contributed by atoms with E-state index in [2.05, 4.69) is 5.32 Å². The SMILES string of the molecule is COc1ccc([N+](=O)[O-])cc1N1C(=O)[C@@H]2[C@H]3CCCN3[C@@]3(C(=O)Nc4ccc(Cl)cc43)[C@@H]2C1=O. The van der Waals surface area contributed by atoms with Crippen molar-refractivity contribution in [2.75, 3.05) is 23.9 Å². The fourth-order valence-electron chi connectivity index (χ4n) is 6.38. The van der Waals surface area contributed by atoms with Crippen molar-refractivity contribution >= 4 is 46.4 Å². The molecule has 4 aliphatic heterocycles. The molecule has 3 amide bonds. The molecule has 4 heterocycles. The predicted molar refractivity (Wildman–Crippen MR) is 121 cm³/mol. The Kier molecular flexibility index (Phi) is 4.34. The van der Waals surface area contributed by atoms with Gasteiger partial charge in [0.2, 0.25) is 17.7 Å². The number of carbonyl (C=O) groups excluding carboxylic acids is 3. The average molecular weight is 483 g/mol. The topological polar surface area (TPSA) is 122 Å². The molecule has 0 unspecified atom stereocenters. The van der Waals surface area contributed by atoms with E-state index in [0.29, 0.717) is 29.2 Å². The second-order valence-electron chi connectivity index (χ2n) is 8.94. The van der Waals surface area contributed by atoms with Gasteiger partial charge < -0.3 is 10.1 Å². The highest BCUT2D eigenvalue weighted by Gasteiger charge is 2.74. The van der Waals surface area contributed by atoms with E-state index < -0.39 is 34.1 Å². The third kappa shape index (κ3) is 2.41. The quantitative estimate of drug-likeness (QED) is 0.405. The van der Waals surface area contributed by atoms with Crippen LogP contribution in [0.25, 0.3) is 0 Å². The molecular formula is C23H19ClN4O6. The lowest BCUT2D eigenvalue weighted by Crippen LogP contribution is -2.54. The van der Waals surface area contributed by atoms with Crippen molar-refractivity contribution in [3.05, 3.63) is 57.1 Å². The summed E-state index contributed by atoms with van der Waals surface area (Å²) in [7, 11) is 1.36. The maximum Gasteiger partial charge on any atom is 0.271 e. The van der Waals surface area contributed by atoms with Gasteiger partial charge in [0, 0.05) is 34.4 Å². The highest BCUT2D eigenvalue weighted by atomic mass is 35.5. The molecule has 2 aromatic carbocycles. The van der Waals surface area contributed by atoms with Gasteiger partial charge in [-0.2, -0.15) is 0 Å². The van der Waals surface area contributed by atoms with Crippen LogP contribution in [0.15, 0.2) is 36.4 Å². The summed E-state index contributed by atoms with van der Waals surface area (Å²) in [5.41, 5.74) is -0.501. The van der Waals surface area contributed by atoms with Crippen LogP contribution in [0.2, 0.25) is 5.02 Å². The molecule has 0 bridgehead atoms. The van der Waals surface area contributed by atoms with E-state index in [-0.39, 0.29) is 29.1 Å². The summed E-state index contributed by atoms with van der Waals surface area (Å²) in [6, 6.07) is 8.50. The Labute approximate surface area is 198 Å². The molecule has 0 radical (unpaired) electrons. The van der Waals surface area contributed by atoms with E-state index in [1.165, 1.54) is 19.2 Å². The Morgan fingerprint density at radius 1 is 1.18 bits per heavy atom. The van der Waals surface area contributed by atoms with Gasteiger partial charge >= 0.3 is 0 Å². The number of hydrogen-bond acceptors (Lipinski definition) is 7. The number of nitrogens with one attached hydrogen (secondary N) is 1. The number of rotatable bonds is 3. The van der Waals surface area contributed by atoms with Crippen LogP contribution in [0.3, 0.4) is 0 Å². The van der Waals surface area contributed by atoms with E-state index >= 15 is 0 Å². The lowest BCUT2D eigenvalue weighted by atomic mass is 9.75. The summed E-state index contributed by atoms with van der Waals surface area (Å²) in [5.74, 6) is -3.03. The number of fused-ring (bicyclic) bond motifs is 7. The van der Waals surface area contributed by atoms with Crippen LogP contribution in [0.5, 0.6) is 5.75 Å². The first-order valence-electron chi connectivity index (χ1n) is 10.9. The minimum atomic E-state index is -1.37. The maximum atomic E-state index is 14.0. The Morgan fingerprint density at radius 2 is 1.97 bits per heavy atom. The summed E-state index contributed by atoms with van der Waals surface area (Å²) in [5, 5.41) is 14.7. The number of ether oxygens (including phenoxy) is 1. The molecule has 3 fully saturated rings. The summed E-state index contributed by atoms with van der Waals surface area (Å²) >= 11 is 6.29. The van der Waals surface area contributed by atoms with Crippen molar-refractivity contribution < 1.29 is 24.0 Å². The number of benzene rings is 2. The van der Waals surface area contributed by atoms with Gasteiger partial charge in [-0.25, -0.2) is 4.90 Å². The largest absolute Gasteiger partial charge is 0.495 e. The van der Waals surface area contributed by atoms with Crippen molar-refractivity contribution in [3.8, 4) is 5.75 Å². The lowest BCUT2D eigenvalue weighted by Gasteiger charge is -2.36. The fraction of sp³-hybridized carbons (Fsp3) is 0.348. The molecule has 11 heteroatoms. The smallest absolute Gasteiger partial charge is 0.271 e. The van der Waals surface area contributed by atoms with Gasteiger partial charge in [-0.3, -0.25) is 29.4 Å². The second-order valence-corrected chi connectivity index (χ2v) is 9.38. The number of amides is 3.